The molecule has 29 heavy (non-hydrogen) atoms. The Labute approximate surface area is 171 Å². The maximum atomic E-state index is 12.2. The fraction of sp³-hybridized carbons (Fsp3) is 0.261. The van der Waals surface area contributed by atoms with E-state index in [0.29, 0.717) is 17.8 Å². The van der Waals surface area contributed by atoms with E-state index in [4.69, 9.17) is 4.74 Å². The van der Waals surface area contributed by atoms with Crippen LogP contribution in [-0.2, 0) is 16.4 Å². The van der Waals surface area contributed by atoms with Gasteiger partial charge in [-0.25, -0.2) is 8.42 Å². The molecule has 0 aliphatic heterocycles. The molecule has 0 amide bonds. The smallest absolute Gasteiger partial charge is 0.177 e. The molecule has 0 aliphatic carbocycles. The molecule has 0 aromatic heterocycles. The summed E-state index contributed by atoms with van der Waals surface area (Å²) in [5.41, 5.74) is 1.80. The number of benzene rings is 3. The zero-order valence-corrected chi connectivity index (χ0v) is 17.8. The summed E-state index contributed by atoms with van der Waals surface area (Å²) < 4.78 is 30.4. The number of ketones is 1. The van der Waals surface area contributed by atoms with E-state index in [-0.39, 0.29) is 16.8 Å². The van der Waals surface area contributed by atoms with Crippen molar-refractivity contribution in [1.29, 1.82) is 0 Å². The molecule has 6 heteroatoms. The third kappa shape index (κ3) is 4.77. The molecule has 0 saturated carbocycles. The largest absolute Gasteiger partial charge is 0.491 e. The Balaban J connectivity index is 2.06. The van der Waals surface area contributed by atoms with Gasteiger partial charge in [0.05, 0.1) is 16.7 Å². The molecule has 5 nitrogen and oxygen atoms in total. The summed E-state index contributed by atoms with van der Waals surface area (Å²) in [6.45, 7) is 5.74. The lowest BCUT2D eigenvalue weighted by Gasteiger charge is -2.18. The van der Waals surface area contributed by atoms with Crippen LogP contribution in [0.5, 0.6) is 5.75 Å². The van der Waals surface area contributed by atoms with E-state index in [1.54, 1.807) is 6.07 Å². The molecule has 0 unspecified atom stereocenters. The Hall–Kier alpha value is -2.86. The van der Waals surface area contributed by atoms with Crippen molar-refractivity contribution >= 4 is 32.1 Å². The molecule has 3 aromatic rings. The Morgan fingerprint density at radius 2 is 1.79 bits per heavy atom. The molecule has 3 rings (SSSR count). The van der Waals surface area contributed by atoms with E-state index in [2.05, 4.69) is 5.32 Å². The van der Waals surface area contributed by atoms with Crippen LogP contribution in [0.25, 0.3) is 10.8 Å². The van der Waals surface area contributed by atoms with Crippen LogP contribution in [0.2, 0.25) is 0 Å². The Bertz CT molecular complexity index is 1170. The number of carbonyl (C=O) groups is 1. The van der Waals surface area contributed by atoms with Gasteiger partial charge in [0.2, 0.25) is 0 Å². The Kier molecular flexibility index (Phi) is 5.94. The molecular weight excluding hydrogens is 386 g/mol. The van der Waals surface area contributed by atoms with Crippen molar-refractivity contribution in [2.75, 3.05) is 11.6 Å². The second kappa shape index (κ2) is 8.25. The van der Waals surface area contributed by atoms with E-state index in [0.717, 1.165) is 28.3 Å². The predicted molar refractivity (Wildman–Crippen MR) is 117 cm³/mol. The highest BCUT2D eigenvalue weighted by Crippen LogP contribution is 2.31. The number of hydrogen-bond donors (Lipinski definition) is 1. The second-order valence-electron chi connectivity index (χ2n) is 7.32. The lowest BCUT2D eigenvalue weighted by molar-refractivity contribution is 0.101. The predicted octanol–water partition coefficient (Wildman–Crippen LogP) is 4.85. The van der Waals surface area contributed by atoms with Crippen molar-refractivity contribution in [2.45, 2.75) is 38.3 Å². The first kappa shape index (κ1) is 20.9. The van der Waals surface area contributed by atoms with Crippen LogP contribution >= 0.6 is 0 Å². The van der Waals surface area contributed by atoms with Gasteiger partial charge in [-0.3, -0.25) is 4.79 Å². The summed E-state index contributed by atoms with van der Waals surface area (Å²) in [5, 5.41) is 5.33. The van der Waals surface area contributed by atoms with E-state index < -0.39 is 9.84 Å². The van der Waals surface area contributed by atoms with Crippen LogP contribution in [0.1, 0.15) is 36.7 Å². The van der Waals surface area contributed by atoms with Crippen molar-refractivity contribution in [3.63, 3.8) is 0 Å². The van der Waals surface area contributed by atoms with Gasteiger partial charge in [-0.15, -0.1) is 0 Å². The molecule has 1 N–H and O–H groups in total. The highest BCUT2D eigenvalue weighted by atomic mass is 32.2. The second-order valence-corrected chi connectivity index (χ2v) is 9.31. The first-order valence-corrected chi connectivity index (χ1v) is 11.3. The number of carbonyl (C=O) groups excluding carboxylic acids is 1. The molecule has 0 saturated heterocycles. The van der Waals surface area contributed by atoms with Crippen molar-refractivity contribution in [2.24, 2.45) is 0 Å². The first-order valence-electron chi connectivity index (χ1n) is 9.43. The number of ether oxygens (including phenoxy) is 1. The molecule has 0 aliphatic rings. The molecule has 3 aromatic carbocycles. The maximum Gasteiger partial charge on any atom is 0.177 e. The summed E-state index contributed by atoms with van der Waals surface area (Å²) in [6, 6.07) is 16.5. The number of hydrogen-bond acceptors (Lipinski definition) is 5. The van der Waals surface area contributed by atoms with Crippen molar-refractivity contribution in [3.05, 3.63) is 65.7 Å². The lowest BCUT2D eigenvalue weighted by atomic mass is 10.0. The third-order valence-electron chi connectivity index (χ3n) is 4.60. The Morgan fingerprint density at radius 3 is 2.45 bits per heavy atom. The average molecular weight is 412 g/mol. The van der Waals surface area contributed by atoms with Gasteiger partial charge in [0.25, 0.3) is 0 Å². The van der Waals surface area contributed by atoms with Crippen LogP contribution < -0.4 is 10.1 Å². The summed E-state index contributed by atoms with van der Waals surface area (Å²) in [7, 11) is -3.46. The number of fused-ring (bicyclic) bond motifs is 1. The summed E-state index contributed by atoms with van der Waals surface area (Å²) in [6.07, 6.45) is 1.16. The number of anilines is 1. The van der Waals surface area contributed by atoms with E-state index >= 15 is 0 Å². The number of nitrogens with one attached hydrogen (secondary N) is 1. The number of Topliss-reactive ketones (excluding diaryl/α,β-unsaturated/α-hetero) is 1. The minimum atomic E-state index is -3.46. The molecule has 0 fully saturated rings. The molecule has 0 heterocycles. The van der Waals surface area contributed by atoms with Gasteiger partial charge in [-0.2, -0.15) is 0 Å². The highest BCUT2D eigenvalue weighted by molar-refractivity contribution is 7.90. The van der Waals surface area contributed by atoms with E-state index in [1.807, 2.05) is 50.2 Å². The standard InChI is InChI=1S/C23H25NO4S/c1-15(2)28-22-11-9-17-7-5-6-8-19(17)20(22)14-24-21-13-18(16(3)25)10-12-23(21)29(4,26)27/h5-13,15,24H,14H2,1-4H3. The normalized spacial score (nSPS) is 11.6. The number of sulfone groups is 1. The van der Waals surface area contributed by atoms with Gasteiger partial charge in [0.1, 0.15) is 5.75 Å². The minimum Gasteiger partial charge on any atom is -0.491 e. The third-order valence-corrected chi connectivity index (χ3v) is 5.76. The van der Waals surface area contributed by atoms with Gasteiger partial charge in [-0.1, -0.05) is 30.3 Å². The van der Waals surface area contributed by atoms with Gasteiger partial charge in [0.15, 0.2) is 15.6 Å². The van der Waals surface area contributed by atoms with E-state index in [1.165, 1.54) is 19.1 Å². The van der Waals surface area contributed by atoms with Crippen LogP contribution in [-0.4, -0.2) is 26.6 Å². The van der Waals surface area contributed by atoms with Gasteiger partial charge in [0, 0.05) is 23.9 Å². The van der Waals surface area contributed by atoms with Crippen LogP contribution in [0.3, 0.4) is 0 Å². The first-order chi connectivity index (χ1) is 13.7. The lowest BCUT2D eigenvalue weighted by Crippen LogP contribution is -2.11. The zero-order valence-electron chi connectivity index (χ0n) is 17.0. The molecule has 0 radical (unpaired) electrons. The Morgan fingerprint density at radius 1 is 1.07 bits per heavy atom. The molecule has 0 spiro atoms. The molecule has 152 valence electrons. The van der Waals surface area contributed by atoms with E-state index in [9.17, 15) is 13.2 Å². The van der Waals surface area contributed by atoms with Gasteiger partial charge >= 0.3 is 0 Å². The molecule has 0 bridgehead atoms. The van der Waals surface area contributed by atoms with Crippen molar-refractivity contribution in [3.8, 4) is 5.75 Å². The van der Waals surface area contributed by atoms with Gasteiger partial charge in [-0.05, 0) is 55.8 Å². The fourth-order valence-corrected chi connectivity index (χ4v) is 4.10. The fourth-order valence-electron chi connectivity index (χ4n) is 3.26. The average Bonchev–Trinajstić information content (AvgIpc) is 2.65. The maximum absolute atomic E-state index is 12.2. The number of rotatable bonds is 7. The zero-order chi connectivity index (χ0) is 21.2. The monoisotopic (exact) mass is 411 g/mol. The van der Waals surface area contributed by atoms with Crippen LogP contribution in [0, 0.1) is 0 Å². The van der Waals surface area contributed by atoms with Crippen molar-refractivity contribution < 1.29 is 17.9 Å². The highest BCUT2D eigenvalue weighted by Gasteiger charge is 2.17. The minimum absolute atomic E-state index is 0.00235. The topological polar surface area (TPSA) is 72.5 Å². The summed E-state index contributed by atoms with van der Waals surface area (Å²) >= 11 is 0. The molecular formula is C23H25NO4S. The van der Waals surface area contributed by atoms with Gasteiger partial charge < -0.3 is 10.1 Å². The summed E-state index contributed by atoms with van der Waals surface area (Å²) in [4.78, 5) is 11.9. The van der Waals surface area contributed by atoms with Crippen LogP contribution in [0.15, 0.2) is 59.5 Å². The molecule has 0 atom stereocenters. The van der Waals surface area contributed by atoms with Crippen LogP contribution in [0.4, 0.5) is 5.69 Å². The van der Waals surface area contributed by atoms with Crippen molar-refractivity contribution in [1.82, 2.24) is 0 Å². The quantitative estimate of drug-likeness (QED) is 0.563. The summed E-state index contributed by atoms with van der Waals surface area (Å²) in [5.74, 6) is 0.622. The SMILES string of the molecule is CC(=O)c1ccc(S(C)(=O)=O)c(NCc2c(OC(C)C)ccc3ccccc23)c1.